The van der Waals surface area contributed by atoms with Gasteiger partial charge in [0, 0.05) is 24.6 Å². The first kappa shape index (κ1) is 12.3. The van der Waals surface area contributed by atoms with Crippen molar-refractivity contribution in [3.63, 3.8) is 0 Å². The van der Waals surface area contributed by atoms with Crippen LogP contribution < -0.4 is 5.32 Å². The van der Waals surface area contributed by atoms with E-state index >= 15 is 0 Å². The number of aliphatic carboxylic acids is 1. The fourth-order valence-electron chi connectivity index (χ4n) is 0.771. The van der Waals surface area contributed by atoms with E-state index in [2.05, 4.69) is 5.32 Å². The standard InChI is InChI=1S/C8H15NO3S/c1-8(12,6-13-2)5-9-4-3-7(10)11/h3-4,9,12H,5-6H2,1-2H3,(H,10,11)/b4-3+. The Bertz CT molecular complexity index is 192. The fourth-order valence-corrected chi connectivity index (χ4v) is 1.49. The number of aliphatic hydroxyl groups is 1. The van der Waals surface area contributed by atoms with E-state index in [0.29, 0.717) is 12.3 Å². The molecule has 0 saturated carbocycles. The average molecular weight is 205 g/mol. The van der Waals surface area contributed by atoms with Gasteiger partial charge in [-0.2, -0.15) is 11.8 Å². The van der Waals surface area contributed by atoms with E-state index in [9.17, 15) is 9.90 Å². The number of rotatable bonds is 6. The second-order valence-electron chi connectivity index (χ2n) is 2.98. The van der Waals surface area contributed by atoms with Gasteiger partial charge in [0.05, 0.1) is 5.60 Å². The van der Waals surface area contributed by atoms with E-state index in [1.165, 1.54) is 6.20 Å². The molecule has 0 aromatic rings. The monoisotopic (exact) mass is 205 g/mol. The second-order valence-corrected chi connectivity index (χ2v) is 3.85. The predicted molar refractivity (Wildman–Crippen MR) is 53.8 cm³/mol. The molecule has 0 aliphatic heterocycles. The van der Waals surface area contributed by atoms with Crippen molar-refractivity contribution < 1.29 is 15.0 Å². The summed E-state index contributed by atoms with van der Waals surface area (Å²) in [5.41, 5.74) is -0.803. The van der Waals surface area contributed by atoms with Gasteiger partial charge in [-0.15, -0.1) is 0 Å². The van der Waals surface area contributed by atoms with E-state index in [-0.39, 0.29) is 0 Å². The zero-order valence-corrected chi connectivity index (χ0v) is 8.60. The molecule has 0 aliphatic carbocycles. The van der Waals surface area contributed by atoms with Crippen molar-refractivity contribution >= 4 is 17.7 Å². The first-order valence-corrected chi connectivity index (χ1v) is 5.21. The van der Waals surface area contributed by atoms with Crippen LogP contribution in [0.2, 0.25) is 0 Å². The molecule has 0 saturated heterocycles. The lowest BCUT2D eigenvalue weighted by atomic mass is 10.1. The number of thioether (sulfide) groups is 1. The van der Waals surface area contributed by atoms with Crippen LogP contribution in [-0.4, -0.2) is 40.3 Å². The van der Waals surface area contributed by atoms with E-state index in [0.717, 1.165) is 6.08 Å². The van der Waals surface area contributed by atoms with Crippen molar-refractivity contribution in [1.82, 2.24) is 5.32 Å². The van der Waals surface area contributed by atoms with Gasteiger partial charge in [0.2, 0.25) is 0 Å². The largest absolute Gasteiger partial charge is 0.478 e. The first-order valence-electron chi connectivity index (χ1n) is 3.82. The molecule has 1 unspecified atom stereocenters. The molecule has 4 nitrogen and oxygen atoms in total. The highest BCUT2D eigenvalue weighted by atomic mass is 32.2. The summed E-state index contributed by atoms with van der Waals surface area (Å²) in [5, 5.41) is 20.6. The van der Waals surface area contributed by atoms with E-state index in [1.807, 2.05) is 6.26 Å². The first-order chi connectivity index (χ1) is 5.98. The molecule has 0 aromatic heterocycles. The van der Waals surface area contributed by atoms with E-state index < -0.39 is 11.6 Å². The number of carbonyl (C=O) groups is 1. The Hall–Kier alpha value is -0.680. The van der Waals surface area contributed by atoms with Crippen molar-refractivity contribution in [2.75, 3.05) is 18.6 Å². The van der Waals surface area contributed by atoms with Crippen LogP contribution in [0.25, 0.3) is 0 Å². The molecule has 76 valence electrons. The van der Waals surface area contributed by atoms with Crippen molar-refractivity contribution in [1.29, 1.82) is 0 Å². The van der Waals surface area contributed by atoms with Crippen LogP contribution in [-0.2, 0) is 4.79 Å². The maximum absolute atomic E-state index is 10.1. The molecule has 3 N–H and O–H groups in total. The quantitative estimate of drug-likeness (QED) is 0.544. The Balaban J connectivity index is 3.68. The minimum absolute atomic E-state index is 0.345. The molecule has 0 heterocycles. The fraction of sp³-hybridized carbons (Fsp3) is 0.625. The summed E-state index contributed by atoms with van der Waals surface area (Å²) >= 11 is 1.54. The van der Waals surface area contributed by atoms with Crippen molar-refractivity contribution in [2.45, 2.75) is 12.5 Å². The van der Waals surface area contributed by atoms with Crippen molar-refractivity contribution in [2.24, 2.45) is 0 Å². The predicted octanol–water partition coefficient (Wildman–Crippen LogP) is 0.288. The summed E-state index contributed by atoms with van der Waals surface area (Å²) in [6.45, 7) is 2.04. The number of carboxylic acids is 1. The Labute approximate surface area is 82.0 Å². The maximum atomic E-state index is 10.1. The number of hydrogen-bond donors (Lipinski definition) is 3. The molecule has 0 rings (SSSR count). The summed E-state index contributed by atoms with van der Waals surface area (Å²) < 4.78 is 0. The Morgan fingerprint density at radius 1 is 1.69 bits per heavy atom. The van der Waals surface area contributed by atoms with Crippen LogP contribution in [0.1, 0.15) is 6.92 Å². The smallest absolute Gasteiger partial charge is 0.329 e. The van der Waals surface area contributed by atoms with Crippen molar-refractivity contribution in [3.8, 4) is 0 Å². The summed E-state index contributed by atoms with van der Waals surface area (Å²) in [7, 11) is 0. The van der Waals surface area contributed by atoms with Crippen LogP contribution in [0.3, 0.4) is 0 Å². The highest BCUT2D eigenvalue weighted by Crippen LogP contribution is 2.08. The van der Waals surface area contributed by atoms with Gasteiger partial charge in [-0.1, -0.05) is 0 Å². The Morgan fingerprint density at radius 3 is 2.77 bits per heavy atom. The highest BCUT2D eigenvalue weighted by molar-refractivity contribution is 7.98. The van der Waals surface area contributed by atoms with Gasteiger partial charge in [-0.25, -0.2) is 4.79 Å². The highest BCUT2D eigenvalue weighted by Gasteiger charge is 2.17. The molecule has 5 heteroatoms. The van der Waals surface area contributed by atoms with Crippen LogP contribution in [0, 0.1) is 0 Å². The molecule has 0 amide bonds. The zero-order valence-electron chi connectivity index (χ0n) is 7.78. The molecule has 0 aliphatic rings. The molecule has 0 aromatic carbocycles. The molecule has 0 bridgehead atoms. The SMILES string of the molecule is CSCC(C)(O)CN/C=C/C(=O)O. The van der Waals surface area contributed by atoms with E-state index in [1.54, 1.807) is 18.7 Å². The molecular weight excluding hydrogens is 190 g/mol. The molecule has 0 radical (unpaired) electrons. The van der Waals surface area contributed by atoms with Gasteiger partial charge in [-0.05, 0) is 13.2 Å². The van der Waals surface area contributed by atoms with Gasteiger partial charge < -0.3 is 15.5 Å². The third-order valence-electron chi connectivity index (χ3n) is 1.28. The maximum Gasteiger partial charge on any atom is 0.329 e. The molecule has 1 atom stereocenters. The third kappa shape index (κ3) is 7.67. The molecule has 13 heavy (non-hydrogen) atoms. The van der Waals surface area contributed by atoms with Gasteiger partial charge in [0.25, 0.3) is 0 Å². The number of nitrogens with one attached hydrogen (secondary N) is 1. The van der Waals surface area contributed by atoms with Crippen LogP contribution >= 0.6 is 11.8 Å². The lowest BCUT2D eigenvalue weighted by molar-refractivity contribution is -0.131. The average Bonchev–Trinajstić information content (AvgIpc) is 1.98. The van der Waals surface area contributed by atoms with Gasteiger partial charge in [0.15, 0.2) is 0 Å². The molecular formula is C8H15NO3S. The Kier molecular flexibility index (Phi) is 5.57. The lowest BCUT2D eigenvalue weighted by Crippen LogP contribution is -2.38. The van der Waals surface area contributed by atoms with Gasteiger partial charge in [0.1, 0.15) is 0 Å². The third-order valence-corrected chi connectivity index (χ3v) is 2.19. The summed E-state index contributed by atoms with van der Waals surface area (Å²) in [4.78, 5) is 10.1. The van der Waals surface area contributed by atoms with Crippen LogP contribution in [0.15, 0.2) is 12.3 Å². The van der Waals surface area contributed by atoms with E-state index in [4.69, 9.17) is 5.11 Å². The summed E-state index contributed by atoms with van der Waals surface area (Å²) in [6, 6.07) is 0. The van der Waals surface area contributed by atoms with Crippen LogP contribution in [0.4, 0.5) is 0 Å². The second kappa shape index (κ2) is 5.88. The lowest BCUT2D eigenvalue weighted by Gasteiger charge is -2.21. The molecule has 0 fully saturated rings. The normalized spacial score (nSPS) is 15.6. The van der Waals surface area contributed by atoms with Crippen molar-refractivity contribution in [3.05, 3.63) is 12.3 Å². The Morgan fingerprint density at radius 2 is 2.31 bits per heavy atom. The summed E-state index contributed by atoms with van der Waals surface area (Å²) in [6.07, 6.45) is 4.22. The molecule has 0 spiro atoms. The number of hydrogen-bond acceptors (Lipinski definition) is 4. The minimum Gasteiger partial charge on any atom is -0.478 e. The zero-order chi connectivity index (χ0) is 10.3. The van der Waals surface area contributed by atoms with Crippen LogP contribution in [0.5, 0.6) is 0 Å². The van der Waals surface area contributed by atoms with Gasteiger partial charge >= 0.3 is 5.97 Å². The topological polar surface area (TPSA) is 69.6 Å². The summed E-state index contributed by atoms with van der Waals surface area (Å²) in [5.74, 6) is -0.391. The number of carboxylic acid groups (broad SMARTS) is 1. The minimum atomic E-state index is -1.00. The van der Waals surface area contributed by atoms with Gasteiger partial charge in [-0.3, -0.25) is 0 Å².